The van der Waals surface area contributed by atoms with Crippen LogP contribution < -0.4 is 10.6 Å². The molecule has 1 aliphatic carbocycles. The summed E-state index contributed by atoms with van der Waals surface area (Å²) in [6.45, 7) is 0.781. The first-order valence-corrected chi connectivity index (χ1v) is 7.15. The van der Waals surface area contributed by atoms with Crippen LogP contribution in [0.25, 0.3) is 0 Å². The third kappa shape index (κ3) is 5.95. The number of carbonyl (C=O) groups is 1. The molecule has 1 rings (SSSR count). The molecule has 0 spiro atoms. The third-order valence-corrected chi connectivity index (χ3v) is 4.17. The van der Waals surface area contributed by atoms with Crippen LogP contribution in [0.5, 0.6) is 0 Å². The fourth-order valence-electron chi connectivity index (χ4n) is 2.06. The van der Waals surface area contributed by atoms with Crippen LogP contribution in [0.1, 0.15) is 26.2 Å². The Balaban J connectivity index is 2.21. The van der Waals surface area contributed by atoms with Crippen LogP contribution in [0, 0.1) is 0 Å². The van der Waals surface area contributed by atoms with Gasteiger partial charge in [-0.15, -0.1) is 0 Å². The van der Waals surface area contributed by atoms with E-state index in [4.69, 9.17) is 0 Å². The number of nitrogens with one attached hydrogen (secondary N) is 2. The summed E-state index contributed by atoms with van der Waals surface area (Å²) in [6.07, 6.45) is -1.13. The van der Waals surface area contributed by atoms with Crippen molar-refractivity contribution in [3.63, 3.8) is 0 Å². The van der Waals surface area contributed by atoms with Gasteiger partial charge in [0.15, 0.2) is 0 Å². The highest BCUT2D eigenvalue weighted by atomic mass is 32.2. The van der Waals surface area contributed by atoms with E-state index in [2.05, 4.69) is 12.2 Å². The van der Waals surface area contributed by atoms with E-state index in [9.17, 15) is 18.0 Å². The summed E-state index contributed by atoms with van der Waals surface area (Å²) in [6, 6.07) is 0.242. The Morgan fingerprint density at radius 3 is 2.72 bits per heavy atom. The van der Waals surface area contributed by atoms with E-state index in [1.165, 1.54) is 0 Å². The minimum atomic E-state index is -4.34. The number of amides is 1. The number of thioether (sulfide) groups is 1. The van der Waals surface area contributed by atoms with Crippen LogP contribution in [0.15, 0.2) is 0 Å². The fraction of sp³-hybridized carbons (Fsp3) is 0.909. The Labute approximate surface area is 109 Å². The van der Waals surface area contributed by atoms with Crippen molar-refractivity contribution in [3.8, 4) is 0 Å². The Morgan fingerprint density at radius 1 is 1.39 bits per heavy atom. The van der Waals surface area contributed by atoms with E-state index in [0.29, 0.717) is 5.25 Å². The molecule has 1 fully saturated rings. The summed E-state index contributed by atoms with van der Waals surface area (Å²) in [7, 11) is 0. The van der Waals surface area contributed by atoms with Gasteiger partial charge in [0.25, 0.3) is 0 Å². The van der Waals surface area contributed by atoms with Gasteiger partial charge in [0.2, 0.25) is 5.91 Å². The Kier molecular flexibility index (Phi) is 6.28. The van der Waals surface area contributed by atoms with E-state index in [1.807, 2.05) is 17.1 Å². The number of alkyl halides is 3. The number of halogens is 3. The summed E-state index contributed by atoms with van der Waals surface area (Å²) in [4.78, 5) is 11.2. The van der Waals surface area contributed by atoms with Gasteiger partial charge >= 0.3 is 6.18 Å². The molecule has 3 nitrogen and oxygen atoms in total. The summed E-state index contributed by atoms with van der Waals surface area (Å²) in [5.74, 6) is 0.419. The zero-order chi connectivity index (χ0) is 13.6. The molecule has 18 heavy (non-hydrogen) atoms. The summed E-state index contributed by atoms with van der Waals surface area (Å²) in [5.41, 5.74) is 0. The smallest absolute Gasteiger partial charge is 0.346 e. The van der Waals surface area contributed by atoms with Gasteiger partial charge in [-0.05, 0) is 18.6 Å². The molecule has 1 aliphatic rings. The van der Waals surface area contributed by atoms with Crippen molar-refractivity contribution in [2.75, 3.05) is 18.8 Å². The standard InChI is InChI=1S/C11H19F3N2OS/c1-2-18-9-5-3-4-8(9)15-6-10(17)16-7-11(12,13)14/h8-9,15H,2-7H2,1H3,(H,16,17)/t8-,9+/m1/s1. The highest BCUT2D eigenvalue weighted by molar-refractivity contribution is 7.99. The van der Waals surface area contributed by atoms with Crippen LogP contribution in [0.2, 0.25) is 0 Å². The predicted molar refractivity (Wildman–Crippen MR) is 66.6 cm³/mol. The van der Waals surface area contributed by atoms with Gasteiger partial charge in [-0.1, -0.05) is 13.3 Å². The number of carbonyl (C=O) groups excluding carboxylic acids is 1. The van der Waals surface area contributed by atoms with Crippen LogP contribution in [0.3, 0.4) is 0 Å². The van der Waals surface area contributed by atoms with Crippen molar-refractivity contribution in [1.82, 2.24) is 10.6 Å². The topological polar surface area (TPSA) is 41.1 Å². The van der Waals surface area contributed by atoms with Crippen molar-refractivity contribution in [2.24, 2.45) is 0 Å². The van der Waals surface area contributed by atoms with Gasteiger partial charge in [0, 0.05) is 11.3 Å². The van der Waals surface area contributed by atoms with Crippen LogP contribution >= 0.6 is 11.8 Å². The van der Waals surface area contributed by atoms with Crippen molar-refractivity contribution in [2.45, 2.75) is 43.7 Å². The quantitative estimate of drug-likeness (QED) is 0.783. The SMILES string of the molecule is CCS[C@H]1CCC[C@H]1NCC(=O)NCC(F)(F)F. The molecular formula is C11H19F3N2OS. The lowest BCUT2D eigenvalue weighted by Crippen LogP contribution is -2.43. The third-order valence-electron chi connectivity index (χ3n) is 2.84. The van der Waals surface area contributed by atoms with E-state index < -0.39 is 18.6 Å². The molecule has 0 aromatic carbocycles. The molecule has 1 saturated carbocycles. The second kappa shape index (κ2) is 7.23. The first kappa shape index (κ1) is 15.6. The maximum atomic E-state index is 11.9. The lowest BCUT2D eigenvalue weighted by molar-refractivity contribution is -0.137. The molecule has 0 heterocycles. The number of hydrogen-bond acceptors (Lipinski definition) is 3. The Hall–Kier alpha value is -0.430. The molecule has 0 saturated heterocycles. The molecule has 0 aromatic rings. The van der Waals surface area contributed by atoms with Gasteiger partial charge in [0.05, 0.1) is 6.54 Å². The van der Waals surface area contributed by atoms with E-state index in [1.54, 1.807) is 0 Å². The van der Waals surface area contributed by atoms with E-state index in [-0.39, 0.29) is 12.6 Å². The first-order chi connectivity index (χ1) is 8.42. The second-order valence-electron chi connectivity index (χ2n) is 4.30. The van der Waals surface area contributed by atoms with Crippen molar-refractivity contribution in [3.05, 3.63) is 0 Å². The monoisotopic (exact) mass is 284 g/mol. The number of rotatable bonds is 6. The van der Waals surface area contributed by atoms with Gasteiger partial charge in [-0.3, -0.25) is 4.79 Å². The zero-order valence-corrected chi connectivity index (χ0v) is 11.2. The van der Waals surface area contributed by atoms with Crippen molar-refractivity contribution < 1.29 is 18.0 Å². The van der Waals surface area contributed by atoms with E-state index in [0.717, 1.165) is 25.0 Å². The van der Waals surface area contributed by atoms with Gasteiger partial charge in [0.1, 0.15) is 6.54 Å². The summed E-state index contributed by atoms with van der Waals surface area (Å²) < 4.78 is 35.6. The second-order valence-corrected chi connectivity index (χ2v) is 5.82. The summed E-state index contributed by atoms with van der Waals surface area (Å²) >= 11 is 1.84. The molecule has 0 radical (unpaired) electrons. The normalized spacial score (nSPS) is 24.2. The highest BCUT2D eigenvalue weighted by Gasteiger charge is 2.29. The molecular weight excluding hydrogens is 265 g/mol. The molecule has 1 amide bonds. The fourth-order valence-corrected chi connectivity index (χ4v) is 3.28. The lowest BCUT2D eigenvalue weighted by Gasteiger charge is -2.20. The largest absolute Gasteiger partial charge is 0.405 e. The van der Waals surface area contributed by atoms with Gasteiger partial charge in [-0.25, -0.2) is 0 Å². The molecule has 106 valence electrons. The van der Waals surface area contributed by atoms with Crippen molar-refractivity contribution in [1.29, 1.82) is 0 Å². The minimum absolute atomic E-state index is 0.0402. The molecule has 2 atom stereocenters. The molecule has 0 unspecified atom stereocenters. The molecule has 0 aromatic heterocycles. The Morgan fingerprint density at radius 2 is 2.11 bits per heavy atom. The van der Waals surface area contributed by atoms with Gasteiger partial charge in [-0.2, -0.15) is 24.9 Å². The summed E-state index contributed by atoms with van der Waals surface area (Å²) in [5, 5.41) is 5.39. The highest BCUT2D eigenvalue weighted by Crippen LogP contribution is 2.29. The maximum absolute atomic E-state index is 11.9. The van der Waals surface area contributed by atoms with Crippen LogP contribution in [0.4, 0.5) is 13.2 Å². The predicted octanol–water partition coefficient (Wildman–Crippen LogP) is 1.93. The van der Waals surface area contributed by atoms with Crippen LogP contribution in [-0.4, -0.2) is 42.2 Å². The maximum Gasteiger partial charge on any atom is 0.405 e. The molecule has 7 heteroatoms. The lowest BCUT2D eigenvalue weighted by atomic mass is 10.2. The zero-order valence-electron chi connectivity index (χ0n) is 10.3. The molecule has 0 aliphatic heterocycles. The molecule has 2 N–H and O–H groups in total. The average molecular weight is 284 g/mol. The van der Waals surface area contributed by atoms with Crippen molar-refractivity contribution >= 4 is 17.7 Å². The number of hydrogen-bond donors (Lipinski definition) is 2. The van der Waals surface area contributed by atoms with Gasteiger partial charge < -0.3 is 10.6 Å². The Bertz CT molecular complexity index is 274. The van der Waals surface area contributed by atoms with Crippen LogP contribution in [-0.2, 0) is 4.79 Å². The molecule has 0 bridgehead atoms. The first-order valence-electron chi connectivity index (χ1n) is 6.11. The average Bonchev–Trinajstić information content (AvgIpc) is 2.71. The van der Waals surface area contributed by atoms with E-state index >= 15 is 0 Å². The minimum Gasteiger partial charge on any atom is -0.346 e.